The Balaban J connectivity index is 2.19. The summed E-state index contributed by atoms with van der Waals surface area (Å²) in [6.07, 6.45) is 0.889. The van der Waals surface area contributed by atoms with Crippen molar-refractivity contribution >= 4 is 10.9 Å². The molecule has 0 spiro atoms. The van der Waals surface area contributed by atoms with Gasteiger partial charge in [0.05, 0.1) is 13.7 Å². The zero-order valence-electron chi connectivity index (χ0n) is 13.0. The summed E-state index contributed by atoms with van der Waals surface area (Å²) in [5.74, 6) is 0.821. The standard InChI is InChI=1S/C19H21NO2/c1-3-18-17(13-21)16-11-15(22-2)9-10-19(16)20(18)12-14-7-5-4-6-8-14/h4-11,21H,3,12-13H2,1-2H3. The minimum atomic E-state index is 0.0502. The van der Waals surface area contributed by atoms with Crippen LogP contribution < -0.4 is 4.74 Å². The molecule has 2 aromatic carbocycles. The highest BCUT2D eigenvalue weighted by molar-refractivity contribution is 5.87. The van der Waals surface area contributed by atoms with Crippen molar-refractivity contribution in [3.05, 3.63) is 65.4 Å². The van der Waals surface area contributed by atoms with E-state index in [0.717, 1.165) is 35.2 Å². The first-order valence-corrected chi connectivity index (χ1v) is 7.61. The number of benzene rings is 2. The first-order valence-electron chi connectivity index (χ1n) is 7.61. The molecule has 0 aliphatic heterocycles. The number of fused-ring (bicyclic) bond motifs is 1. The fourth-order valence-electron chi connectivity index (χ4n) is 3.11. The van der Waals surface area contributed by atoms with Crippen molar-refractivity contribution in [2.24, 2.45) is 0 Å². The smallest absolute Gasteiger partial charge is 0.119 e. The van der Waals surface area contributed by atoms with Gasteiger partial charge in [0, 0.05) is 28.7 Å². The minimum absolute atomic E-state index is 0.0502. The molecule has 0 amide bonds. The number of aromatic nitrogens is 1. The summed E-state index contributed by atoms with van der Waals surface area (Å²) in [5, 5.41) is 10.9. The highest BCUT2D eigenvalue weighted by Gasteiger charge is 2.16. The summed E-state index contributed by atoms with van der Waals surface area (Å²) in [7, 11) is 1.67. The Labute approximate surface area is 130 Å². The molecule has 1 aromatic heterocycles. The quantitative estimate of drug-likeness (QED) is 0.778. The number of aliphatic hydroxyl groups is 1. The molecule has 0 atom stereocenters. The van der Waals surface area contributed by atoms with E-state index in [4.69, 9.17) is 4.74 Å². The highest BCUT2D eigenvalue weighted by Crippen LogP contribution is 2.30. The predicted octanol–water partition coefficient (Wildman–Crippen LogP) is 3.75. The lowest BCUT2D eigenvalue weighted by Gasteiger charge is -2.11. The zero-order chi connectivity index (χ0) is 15.5. The Morgan fingerprint density at radius 2 is 1.86 bits per heavy atom. The number of aliphatic hydroxyl groups excluding tert-OH is 1. The van der Waals surface area contributed by atoms with Crippen LogP contribution in [-0.4, -0.2) is 16.8 Å². The number of ether oxygens (including phenoxy) is 1. The summed E-state index contributed by atoms with van der Waals surface area (Å²) >= 11 is 0. The Hall–Kier alpha value is -2.26. The van der Waals surface area contributed by atoms with Gasteiger partial charge in [-0.3, -0.25) is 0 Å². The van der Waals surface area contributed by atoms with E-state index in [1.807, 2.05) is 18.2 Å². The van der Waals surface area contributed by atoms with E-state index in [0.29, 0.717) is 0 Å². The molecule has 22 heavy (non-hydrogen) atoms. The predicted molar refractivity (Wildman–Crippen MR) is 89.3 cm³/mol. The van der Waals surface area contributed by atoms with Crippen LogP contribution in [0.1, 0.15) is 23.7 Å². The molecule has 3 rings (SSSR count). The van der Waals surface area contributed by atoms with Crippen LogP contribution in [-0.2, 0) is 19.6 Å². The van der Waals surface area contributed by atoms with E-state index in [2.05, 4.69) is 41.8 Å². The van der Waals surface area contributed by atoms with E-state index < -0.39 is 0 Å². The fourth-order valence-corrected chi connectivity index (χ4v) is 3.11. The summed E-state index contributed by atoms with van der Waals surface area (Å²) in [5.41, 5.74) is 4.60. The average Bonchev–Trinajstić information content (AvgIpc) is 2.87. The Morgan fingerprint density at radius 3 is 2.50 bits per heavy atom. The molecule has 3 nitrogen and oxygen atoms in total. The maximum atomic E-state index is 9.84. The minimum Gasteiger partial charge on any atom is -0.497 e. The van der Waals surface area contributed by atoms with Crippen LogP contribution in [0.4, 0.5) is 0 Å². The van der Waals surface area contributed by atoms with Crippen molar-refractivity contribution < 1.29 is 9.84 Å². The second-order valence-electron chi connectivity index (χ2n) is 5.39. The van der Waals surface area contributed by atoms with Crippen LogP contribution in [0.5, 0.6) is 5.75 Å². The van der Waals surface area contributed by atoms with Crippen LogP contribution in [0.25, 0.3) is 10.9 Å². The molecular weight excluding hydrogens is 274 g/mol. The van der Waals surface area contributed by atoms with Crippen molar-refractivity contribution in [1.29, 1.82) is 0 Å². The van der Waals surface area contributed by atoms with Crippen molar-refractivity contribution in [2.75, 3.05) is 7.11 Å². The maximum Gasteiger partial charge on any atom is 0.119 e. The van der Waals surface area contributed by atoms with Crippen molar-refractivity contribution in [1.82, 2.24) is 4.57 Å². The second-order valence-corrected chi connectivity index (χ2v) is 5.39. The molecule has 0 aliphatic rings. The van der Waals surface area contributed by atoms with E-state index in [1.54, 1.807) is 7.11 Å². The third kappa shape index (κ3) is 2.48. The van der Waals surface area contributed by atoms with Gasteiger partial charge in [-0.1, -0.05) is 37.3 Å². The zero-order valence-corrected chi connectivity index (χ0v) is 13.0. The van der Waals surface area contributed by atoms with Gasteiger partial charge in [-0.25, -0.2) is 0 Å². The van der Waals surface area contributed by atoms with Gasteiger partial charge in [0.2, 0.25) is 0 Å². The molecule has 0 fully saturated rings. The van der Waals surface area contributed by atoms with Crippen molar-refractivity contribution in [3.63, 3.8) is 0 Å². The first kappa shape index (κ1) is 14.7. The van der Waals surface area contributed by atoms with Gasteiger partial charge in [-0.15, -0.1) is 0 Å². The average molecular weight is 295 g/mol. The van der Waals surface area contributed by atoms with Crippen LogP contribution in [0, 0.1) is 0 Å². The lowest BCUT2D eigenvalue weighted by atomic mass is 10.1. The number of nitrogens with zero attached hydrogens (tertiary/aromatic N) is 1. The fraction of sp³-hybridized carbons (Fsp3) is 0.263. The SMILES string of the molecule is CCc1c(CO)c2cc(OC)ccc2n1Cc1ccccc1. The normalized spacial score (nSPS) is 11.0. The molecular formula is C19H21NO2. The van der Waals surface area contributed by atoms with E-state index in [9.17, 15) is 5.11 Å². The summed E-state index contributed by atoms with van der Waals surface area (Å²) in [4.78, 5) is 0. The van der Waals surface area contributed by atoms with Gasteiger partial charge < -0.3 is 14.4 Å². The van der Waals surface area contributed by atoms with Crippen LogP contribution in [0.3, 0.4) is 0 Å². The van der Waals surface area contributed by atoms with Gasteiger partial charge in [-0.2, -0.15) is 0 Å². The monoisotopic (exact) mass is 295 g/mol. The van der Waals surface area contributed by atoms with Crippen LogP contribution >= 0.6 is 0 Å². The van der Waals surface area contributed by atoms with Crippen LogP contribution in [0.15, 0.2) is 48.5 Å². The third-order valence-electron chi connectivity index (χ3n) is 4.17. The molecule has 0 unspecified atom stereocenters. The third-order valence-corrected chi connectivity index (χ3v) is 4.17. The molecule has 1 heterocycles. The molecule has 114 valence electrons. The van der Waals surface area contributed by atoms with Gasteiger partial charge in [0.25, 0.3) is 0 Å². The molecule has 3 heteroatoms. The van der Waals surface area contributed by atoms with E-state index in [1.165, 1.54) is 11.3 Å². The Bertz CT molecular complexity index is 775. The molecule has 0 radical (unpaired) electrons. The molecule has 3 aromatic rings. The topological polar surface area (TPSA) is 34.4 Å². The first-order chi connectivity index (χ1) is 10.8. The van der Waals surface area contributed by atoms with Gasteiger partial charge in [0.15, 0.2) is 0 Å². The highest BCUT2D eigenvalue weighted by atomic mass is 16.5. The van der Waals surface area contributed by atoms with Gasteiger partial charge in [-0.05, 0) is 30.2 Å². The molecule has 0 saturated carbocycles. The maximum absolute atomic E-state index is 9.84. The van der Waals surface area contributed by atoms with Gasteiger partial charge in [0.1, 0.15) is 5.75 Å². The lowest BCUT2D eigenvalue weighted by molar-refractivity contribution is 0.281. The number of rotatable bonds is 5. The summed E-state index contributed by atoms with van der Waals surface area (Å²) < 4.78 is 7.63. The van der Waals surface area contributed by atoms with E-state index >= 15 is 0 Å². The summed E-state index contributed by atoms with van der Waals surface area (Å²) in [6, 6.07) is 16.5. The van der Waals surface area contributed by atoms with Crippen LogP contribution in [0.2, 0.25) is 0 Å². The van der Waals surface area contributed by atoms with Crippen molar-refractivity contribution in [3.8, 4) is 5.75 Å². The lowest BCUT2D eigenvalue weighted by Crippen LogP contribution is -2.05. The largest absolute Gasteiger partial charge is 0.497 e. The number of methoxy groups -OCH3 is 1. The Kier molecular flexibility index (Phi) is 4.16. The molecule has 0 saturated heterocycles. The van der Waals surface area contributed by atoms with Gasteiger partial charge >= 0.3 is 0 Å². The molecule has 1 N–H and O–H groups in total. The Morgan fingerprint density at radius 1 is 1.09 bits per heavy atom. The summed E-state index contributed by atoms with van der Waals surface area (Å²) in [6.45, 7) is 2.99. The second kappa shape index (κ2) is 6.24. The van der Waals surface area contributed by atoms with E-state index in [-0.39, 0.29) is 6.61 Å². The molecule has 0 bridgehead atoms. The number of hydrogen-bond donors (Lipinski definition) is 1. The molecule has 0 aliphatic carbocycles. The number of hydrogen-bond acceptors (Lipinski definition) is 2. The van der Waals surface area contributed by atoms with Crippen molar-refractivity contribution in [2.45, 2.75) is 26.5 Å².